The summed E-state index contributed by atoms with van der Waals surface area (Å²) in [6.45, 7) is 3.68. The van der Waals surface area contributed by atoms with E-state index in [0.717, 1.165) is 37.0 Å². The van der Waals surface area contributed by atoms with Gasteiger partial charge < -0.3 is 9.64 Å². The van der Waals surface area contributed by atoms with Crippen LogP contribution in [0.25, 0.3) is 10.2 Å². The SMILES string of the molecule is CCOC(=O)c1sc2ncn(CC(=O)N(C)C3CCCCC3)c(=O)c2c1C. The number of hydrogen-bond donors (Lipinski definition) is 0. The van der Waals surface area contributed by atoms with Crippen molar-refractivity contribution in [2.24, 2.45) is 0 Å². The number of hydrogen-bond acceptors (Lipinski definition) is 6. The van der Waals surface area contributed by atoms with E-state index in [0.29, 0.717) is 20.7 Å². The molecule has 1 aliphatic carbocycles. The Balaban J connectivity index is 1.86. The van der Waals surface area contributed by atoms with Gasteiger partial charge in [-0.25, -0.2) is 9.78 Å². The Kier molecular flexibility index (Phi) is 5.94. The molecule has 1 saturated carbocycles. The van der Waals surface area contributed by atoms with Crippen LogP contribution in [0.2, 0.25) is 0 Å². The lowest BCUT2D eigenvalue weighted by Gasteiger charge is -2.31. The molecule has 0 radical (unpaired) electrons. The lowest BCUT2D eigenvalue weighted by atomic mass is 9.94. The van der Waals surface area contributed by atoms with Crippen LogP contribution < -0.4 is 5.56 Å². The normalized spacial score (nSPS) is 15.1. The minimum atomic E-state index is -0.447. The molecule has 146 valence electrons. The van der Waals surface area contributed by atoms with E-state index in [2.05, 4.69) is 4.98 Å². The number of amides is 1. The highest BCUT2D eigenvalue weighted by Gasteiger charge is 2.24. The fourth-order valence-corrected chi connectivity index (χ4v) is 4.63. The quantitative estimate of drug-likeness (QED) is 0.732. The van der Waals surface area contributed by atoms with Gasteiger partial charge in [0.25, 0.3) is 5.56 Å². The second-order valence-corrected chi connectivity index (χ2v) is 7.93. The Bertz CT molecular complexity index is 912. The number of carbonyl (C=O) groups excluding carboxylic acids is 2. The predicted molar refractivity (Wildman–Crippen MR) is 104 cm³/mol. The highest BCUT2D eigenvalue weighted by molar-refractivity contribution is 7.20. The van der Waals surface area contributed by atoms with Crippen molar-refractivity contribution in [3.05, 3.63) is 27.1 Å². The van der Waals surface area contributed by atoms with Crippen LogP contribution in [0.3, 0.4) is 0 Å². The van der Waals surface area contributed by atoms with Crippen LogP contribution in [-0.2, 0) is 16.1 Å². The fourth-order valence-electron chi connectivity index (χ4n) is 3.59. The maximum Gasteiger partial charge on any atom is 0.348 e. The zero-order chi connectivity index (χ0) is 19.6. The summed E-state index contributed by atoms with van der Waals surface area (Å²) in [7, 11) is 1.81. The fraction of sp³-hybridized carbons (Fsp3) is 0.579. The Morgan fingerprint density at radius 2 is 2.04 bits per heavy atom. The number of aryl methyl sites for hydroxylation is 1. The van der Waals surface area contributed by atoms with Gasteiger partial charge in [0.2, 0.25) is 5.91 Å². The average Bonchev–Trinajstić information content (AvgIpc) is 3.01. The van der Waals surface area contributed by atoms with Crippen LogP contribution in [0.4, 0.5) is 0 Å². The van der Waals surface area contributed by atoms with Gasteiger partial charge in [0.05, 0.1) is 18.3 Å². The zero-order valence-corrected chi connectivity index (χ0v) is 16.8. The molecule has 7 nitrogen and oxygen atoms in total. The number of likely N-dealkylation sites (N-methyl/N-ethyl adjacent to an activating group) is 1. The molecule has 0 bridgehead atoms. The van der Waals surface area contributed by atoms with Crippen molar-refractivity contribution in [2.75, 3.05) is 13.7 Å². The van der Waals surface area contributed by atoms with Gasteiger partial charge in [-0.3, -0.25) is 14.2 Å². The van der Waals surface area contributed by atoms with Gasteiger partial charge in [0.1, 0.15) is 16.3 Å². The highest BCUT2D eigenvalue weighted by Crippen LogP contribution is 2.27. The van der Waals surface area contributed by atoms with Gasteiger partial charge in [-0.2, -0.15) is 0 Å². The molecule has 1 amide bonds. The van der Waals surface area contributed by atoms with Crippen LogP contribution in [0.5, 0.6) is 0 Å². The largest absolute Gasteiger partial charge is 0.462 e. The predicted octanol–water partition coefficient (Wildman–Crippen LogP) is 2.73. The first-order chi connectivity index (χ1) is 12.9. The van der Waals surface area contributed by atoms with Gasteiger partial charge >= 0.3 is 5.97 Å². The first-order valence-electron chi connectivity index (χ1n) is 9.35. The third-order valence-corrected chi connectivity index (χ3v) is 6.38. The van der Waals surface area contributed by atoms with Crippen molar-refractivity contribution in [2.45, 2.75) is 58.5 Å². The highest BCUT2D eigenvalue weighted by atomic mass is 32.1. The van der Waals surface area contributed by atoms with E-state index in [1.807, 2.05) is 7.05 Å². The molecule has 8 heteroatoms. The third-order valence-electron chi connectivity index (χ3n) is 5.20. The standard InChI is InChI=1S/C19H25N3O4S/c1-4-26-19(25)16-12(2)15-17(27-16)20-11-22(18(15)24)10-14(23)21(3)13-8-6-5-7-9-13/h11,13H,4-10H2,1-3H3. The van der Waals surface area contributed by atoms with Crippen molar-refractivity contribution in [3.63, 3.8) is 0 Å². The van der Waals surface area contributed by atoms with E-state index >= 15 is 0 Å². The molecule has 0 spiro atoms. The molecule has 0 N–H and O–H groups in total. The van der Waals surface area contributed by atoms with Crippen molar-refractivity contribution >= 4 is 33.4 Å². The summed E-state index contributed by atoms with van der Waals surface area (Å²) in [6, 6.07) is 0.247. The van der Waals surface area contributed by atoms with E-state index in [1.165, 1.54) is 17.3 Å². The molecule has 27 heavy (non-hydrogen) atoms. The Morgan fingerprint density at radius 3 is 2.70 bits per heavy atom. The number of ether oxygens (including phenoxy) is 1. The van der Waals surface area contributed by atoms with Crippen molar-refractivity contribution in [1.82, 2.24) is 14.5 Å². The lowest BCUT2D eigenvalue weighted by molar-refractivity contribution is -0.133. The molecule has 0 aromatic carbocycles. The molecule has 2 aromatic heterocycles. The molecule has 3 rings (SSSR count). The van der Waals surface area contributed by atoms with Gasteiger partial charge in [0, 0.05) is 13.1 Å². The summed E-state index contributed by atoms with van der Waals surface area (Å²) in [6.07, 6.45) is 6.92. The molecule has 1 aliphatic rings. The number of fused-ring (bicyclic) bond motifs is 1. The smallest absolute Gasteiger partial charge is 0.348 e. The van der Waals surface area contributed by atoms with Crippen LogP contribution >= 0.6 is 11.3 Å². The molecule has 2 heterocycles. The van der Waals surface area contributed by atoms with E-state index in [1.54, 1.807) is 18.7 Å². The molecule has 0 unspecified atom stereocenters. The molecule has 0 atom stereocenters. The molecular formula is C19H25N3O4S. The first kappa shape index (κ1) is 19.5. The van der Waals surface area contributed by atoms with Crippen molar-refractivity contribution in [3.8, 4) is 0 Å². The topological polar surface area (TPSA) is 81.5 Å². The number of nitrogens with zero attached hydrogens (tertiary/aromatic N) is 3. The second-order valence-electron chi connectivity index (χ2n) is 6.93. The van der Waals surface area contributed by atoms with Gasteiger partial charge in [-0.1, -0.05) is 19.3 Å². The van der Waals surface area contributed by atoms with E-state index in [9.17, 15) is 14.4 Å². The summed E-state index contributed by atoms with van der Waals surface area (Å²) in [4.78, 5) is 44.5. The molecular weight excluding hydrogens is 366 g/mol. The summed E-state index contributed by atoms with van der Waals surface area (Å²) in [5, 5.41) is 0.388. The van der Waals surface area contributed by atoms with Crippen LogP contribution in [0, 0.1) is 6.92 Å². The minimum Gasteiger partial charge on any atom is -0.462 e. The monoisotopic (exact) mass is 391 g/mol. The van der Waals surface area contributed by atoms with Crippen LogP contribution in [0.1, 0.15) is 54.3 Å². The Labute approximate surface area is 161 Å². The van der Waals surface area contributed by atoms with Gasteiger partial charge in [0.15, 0.2) is 0 Å². The Morgan fingerprint density at radius 1 is 1.33 bits per heavy atom. The summed E-state index contributed by atoms with van der Waals surface area (Å²) in [5.74, 6) is -0.541. The maximum absolute atomic E-state index is 12.9. The van der Waals surface area contributed by atoms with Crippen LogP contribution in [-0.4, -0.2) is 46.0 Å². The molecule has 0 aliphatic heterocycles. The summed E-state index contributed by atoms with van der Waals surface area (Å²) >= 11 is 1.15. The number of aromatic nitrogens is 2. The lowest BCUT2D eigenvalue weighted by Crippen LogP contribution is -2.41. The zero-order valence-electron chi connectivity index (χ0n) is 16.0. The second kappa shape index (κ2) is 8.21. The Hall–Kier alpha value is -2.22. The van der Waals surface area contributed by atoms with Crippen LogP contribution in [0.15, 0.2) is 11.1 Å². The van der Waals surface area contributed by atoms with Crippen molar-refractivity contribution < 1.29 is 14.3 Å². The number of esters is 1. The number of rotatable bonds is 5. The summed E-state index contributed by atoms with van der Waals surface area (Å²) < 4.78 is 6.38. The minimum absolute atomic E-state index is 0.0429. The van der Waals surface area contributed by atoms with E-state index < -0.39 is 5.97 Å². The van der Waals surface area contributed by atoms with E-state index in [4.69, 9.17) is 4.74 Å². The first-order valence-corrected chi connectivity index (χ1v) is 10.2. The van der Waals surface area contributed by atoms with Gasteiger partial charge in [-0.05, 0) is 32.3 Å². The molecule has 0 saturated heterocycles. The third kappa shape index (κ3) is 3.90. The van der Waals surface area contributed by atoms with E-state index in [-0.39, 0.29) is 30.7 Å². The maximum atomic E-state index is 12.9. The average molecular weight is 391 g/mol. The molecule has 2 aromatic rings. The molecule has 1 fully saturated rings. The van der Waals surface area contributed by atoms with Gasteiger partial charge in [-0.15, -0.1) is 11.3 Å². The number of carbonyl (C=O) groups is 2. The number of thiophene rings is 1. The summed E-state index contributed by atoms with van der Waals surface area (Å²) in [5.41, 5.74) is 0.267. The van der Waals surface area contributed by atoms with Crippen molar-refractivity contribution in [1.29, 1.82) is 0 Å².